The highest BCUT2D eigenvalue weighted by Gasteiger charge is 2.18. The lowest BCUT2D eigenvalue weighted by Crippen LogP contribution is -1.97. The van der Waals surface area contributed by atoms with Gasteiger partial charge in [0.25, 0.3) is 0 Å². The van der Waals surface area contributed by atoms with Gasteiger partial charge in [-0.2, -0.15) is 0 Å². The van der Waals surface area contributed by atoms with Crippen molar-refractivity contribution in [2.75, 3.05) is 0 Å². The molecule has 0 bridgehead atoms. The molecule has 0 unspecified atom stereocenters. The SMILES string of the molecule is c1ccc2c(-c3ccc4sc5ccccc5c4c3)nc(-c3ccc(-n4c5ccccc5c5cc(-n6c7ccccc7c7ccccc76)ccc54)cc3)nc2c1. The summed E-state index contributed by atoms with van der Waals surface area (Å²) in [4.78, 5) is 10.4. The van der Waals surface area contributed by atoms with Crippen molar-refractivity contribution in [3.8, 4) is 34.0 Å². The van der Waals surface area contributed by atoms with Gasteiger partial charge >= 0.3 is 0 Å². The zero-order valence-electron chi connectivity index (χ0n) is 29.5. The first kappa shape index (κ1) is 30.4. The maximum absolute atomic E-state index is 5.27. The molecule has 0 spiro atoms. The fraction of sp³-hybridized carbons (Fsp3) is 0. The monoisotopic (exact) mass is 718 g/mol. The van der Waals surface area contributed by atoms with Crippen LogP contribution in [0.15, 0.2) is 182 Å². The largest absolute Gasteiger partial charge is 0.309 e. The molecule has 55 heavy (non-hydrogen) atoms. The van der Waals surface area contributed by atoms with Gasteiger partial charge in [-0.1, -0.05) is 97.1 Å². The van der Waals surface area contributed by atoms with E-state index in [0.717, 1.165) is 39.1 Å². The summed E-state index contributed by atoms with van der Waals surface area (Å²) in [5, 5.41) is 8.57. The Bertz CT molecular complexity index is 3440. The molecule has 0 fully saturated rings. The van der Waals surface area contributed by atoms with Crippen molar-refractivity contribution >= 4 is 86.0 Å². The third kappa shape index (κ3) is 4.57. The topological polar surface area (TPSA) is 35.6 Å². The summed E-state index contributed by atoms with van der Waals surface area (Å²) in [5.74, 6) is 0.716. The number of aromatic nitrogens is 4. The molecule has 4 heterocycles. The van der Waals surface area contributed by atoms with Crippen LogP contribution in [0.1, 0.15) is 0 Å². The predicted molar refractivity (Wildman–Crippen MR) is 232 cm³/mol. The predicted octanol–water partition coefficient (Wildman–Crippen LogP) is 13.5. The molecular weight excluding hydrogens is 689 g/mol. The fourth-order valence-corrected chi connectivity index (χ4v) is 9.72. The van der Waals surface area contributed by atoms with E-state index in [4.69, 9.17) is 9.97 Å². The summed E-state index contributed by atoms with van der Waals surface area (Å²) < 4.78 is 7.35. The highest BCUT2D eigenvalue weighted by molar-refractivity contribution is 7.25. The van der Waals surface area contributed by atoms with Crippen LogP contribution in [0.5, 0.6) is 0 Å². The summed E-state index contributed by atoms with van der Waals surface area (Å²) in [6.07, 6.45) is 0. The minimum absolute atomic E-state index is 0.716. The third-order valence-corrected chi connectivity index (χ3v) is 12.3. The van der Waals surface area contributed by atoms with Gasteiger partial charge in [0, 0.05) is 69.6 Å². The Morgan fingerprint density at radius 2 is 0.873 bits per heavy atom. The van der Waals surface area contributed by atoms with Crippen molar-refractivity contribution in [1.82, 2.24) is 19.1 Å². The van der Waals surface area contributed by atoms with Crippen molar-refractivity contribution in [1.29, 1.82) is 0 Å². The van der Waals surface area contributed by atoms with Crippen LogP contribution in [-0.4, -0.2) is 19.1 Å². The van der Waals surface area contributed by atoms with Gasteiger partial charge in [0.15, 0.2) is 5.82 Å². The van der Waals surface area contributed by atoms with Crippen LogP contribution >= 0.6 is 11.3 Å². The maximum Gasteiger partial charge on any atom is 0.160 e. The fourth-order valence-electron chi connectivity index (χ4n) is 8.64. The first-order chi connectivity index (χ1) is 27.3. The summed E-state index contributed by atoms with van der Waals surface area (Å²) in [5.41, 5.74) is 11.0. The van der Waals surface area contributed by atoms with Crippen molar-refractivity contribution < 1.29 is 0 Å². The molecule has 0 atom stereocenters. The molecule has 0 aliphatic rings. The smallest absolute Gasteiger partial charge is 0.160 e. The summed E-state index contributed by atoms with van der Waals surface area (Å²) in [6.45, 7) is 0. The minimum Gasteiger partial charge on any atom is -0.309 e. The van der Waals surface area contributed by atoms with Crippen LogP contribution in [-0.2, 0) is 0 Å². The highest BCUT2D eigenvalue weighted by atomic mass is 32.1. The van der Waals surface area contributed by atoms with Crippen molar-refractivity contribution in [2.45, 2.75) is 0 Å². The van der Waals surface area contributed by atoms with Crippen molar-refractivity contribution in [3.63, 3.8) is 0 Å². The molecule has 5 heteroatoms. The Labute approximate surface area is 319 Å². The molecular formula is C50H30N4S. The Hall–Kier alpha value is -7.08. The molecule has 0 saturated heterocycles. The zero-order chi connectivity index (χ0) is 36.0. The van der Waals surface area contributed by atoms with Gasteiger partial charge in [0.2, 0.25) is 0 Å². The lowest BCUT2D eigenvalue weighted by molar-refractivity contribution is 1.16. The Morgan fingerprint density at radius 3 is 1.60 bits per heavy atom. The van der Waals surface area contributed by atoms with E-state index in [1.165, 1.54) is 63.8 Å². The lowest BCUT2D eigenvalue weighted by Gasteiger charge is -2.12. The van der Waals surface area contributed by atoms with E-state index in [1.54, 1.807) is 0 Å². The number of nitrogens with zero attached hydrogens (tertiary/aromatic N) is 4. The number of hydrogen-bond acceptors (Lipinski definition) is 3. The Morgan fingerprint density at radius 1 is 0.345 bits per heavy atom. The van der Waals surface area contributed by atoms with E-state index < -0.39 is 0 Å². The zero-order valence-corrected chi connectivity index (χ0v) is 30.3. The standard InChI is InChI=1S/C50H30N4S/c1-6-16-42-39(15-1)49(32-23-28-48-41(29-32)38-14-5-10-20-47(38)55-48)52-50(51-42)31-21-24-33(25-22-31)53-45-19-9-4-13-37(45)40-30-34(26-27-46(40)53)54-43-17-7-2-11-35(43)36-12-3-8-18-44(36)54/h1-30H. The molecule has 0 aliphatic heterocycles. The molecule has 0 N–H and O–H groups in total. The molecule has 12 rings (SSSR count). The van der Waals surface area contributed by atoms with Crippen LogP contribution in [0.25, 0.3) is 109 Å². The van der Waals surface area contributed by atoms with Gasteiger partial charge in [-0.3, -0.25) is 0 Å². The van der Waals surface area contributed by atoms with Gasteiger partial charge in [0.1, 0.15) is 0 Å². The summed E-state index contributed by atoms with van der Waals surface area (Å²) in [6, 6.07) is 65.4. The summed E-state index contributed by atoms with van der Waals surface area (Å²) >= 11 is 1.84. The molecule has 12 aromatic rings. The van der Waals surface area contributed by atoms with Crippen LogP contribution in [0.2, 0.25) is 0 Å². The van der Waals surface area contributed by atoms with E-state index in [2.05, 4.69) is 191 Å². The molecule has 0 radical (unpaired) electrons. The van der Waals surface area contributed by atoms with Gasteiger partial charge in [-0.25, -0.2) is 9.97 Å². The number of fused-ring (bicyclic) bond motifs is 10. The minimum atomic E-state index is 0.716. The Balaban J connectivity index is 0.986. The number of thiophene rings is 1. The quantitative estimate of drug-likeness (QED) is 0.182. The van der Waals surface area contributed by atoms with Gasteiger partial charge < -0.3 is 9.13 Å². The average molecular weight is 719 g/mol. The highest BCUT2D eigenvalue weighted by Crippen LogP contribution is 2.39. The van der Waals surface area contributed by atoms with Gasteiger partial charge in [-0.15, -0.1) is 11.3 Å². The van der Waals surface area contributed by atoms with Crippen LogP contribution in [0.3, 0.4) is 0 Å². The van der Waals surface area contributed by atoms with Gasteiger partial charge in [0.05, 0.1) is 33.3 Å². The Kier molecular flexibility index (Phi) is 6.47. The van der Waals surface area contributed by atoms with E-state index in [1.807, 2.05) is 11.3 Å². The molecule has 0 amide bonds. The molecule has 256 valence electrons. The lowest BCUT2D eigenvalue weighted by atomic mass is 10.0. The van der Waals surface area contributed by atoms with E-state index >= 15 is 0 Å². The number of hydrogen-bond donors (Lipinski definition) is 0. The molecule has 4 nitrogen and oxygen atoms in total. The van der Waals surface area contributed by atoms with Crippen LogP contribution < -0.4 is 0 Å². The molecule has 8 aromatic carbocycles. The van der Waals surface area contributed by atoms with Gasteiger partial charge in [-0.05, 0) is 84.9 Å². The number of rotatable bonds is 4. The first-order valence-corrected chi connectivity index (χ1v) is 19.4. The second-order valence-corrected chi connectivity index (χ2v) is 15.3. The van der Waals surface area contributed by atoms with E-state index in [9.17, 15) is 0 Å². The number of para-hydroxylation sites is 4. The van der Waals surface area contributed by atoms with Crippen molar-refractivity contribution in [2.24, 2.45) is 0 Å². The second kappa shape index (κ2) is 11.7. The van der Waals surface area contributed by atoms with E-state index in [0.29, 0.717) is 5.82 Å². The van der Waals surface area contributed by atoms with Crippen molar-refractivity contribution in [3.05, 3.63) is 182 Å². The maximum atomic E-state index is 5.27. The summed E-state index contributed by atoms with van der Waals surface area (Å²) in [7, 11) is 0. The van der Waals surface area contributed by atoms with Crippen LogP contribution in [0.4, 0.5) is 0 Å². The molecule has 0 saturated carbocycles. The second-order valence-electron chi connectivity index (χ2n) is 14.2. The number of benzene rings is 8. The molecule has 4 aromatic heterocycles. The van der Waals surface area contributed by atoms with E-state index in [-0.39, 0.29) is 0 Å². The first-order valence-electron chi connectivity index (χ1n) is 18.6. The molecule has 0 aliphatic carbocycles. The average Bonchev–Trinajstić information content (AvgIpc) is 3.90. The van der Waals surface area contributed by atoms with Crippen LogP contribution in [0, 0.1) is 0 Å². The third-order valence-electron chi connectivity index (χ3n) is 11.1. The normalized spacial score (nSPS) is 12.0.